The van der Waals surface area contributed by atoms with Crippen LogP contribution in [-0.4, -0.2) is 244 Å². The molecule has 592 valence electrons. The second kappa shape index (κ2) is 41.7. The van der Waals surface area contributed by atoms with Crippen LogP contribution in [0.3, 0.4) is 0 Å². The Bertz CT molecular complexity index is 3940. The first-order chi connectivity index (χ1) is 52.9. The van der Waals surface area contributed by atoms with E-state index in [2.05, 4.69) is 37.2 Å². The van der Waals surface area contributed by atoms with Gasteiger partial charge in [0.25, 0.3) is 23.3 Å². The lowest BCUT2D eigenvalue weighted by atomic mass is 9.81. The van der Waals surface area contributed by atoms with Crippen molar-refractivity contribution in [1.82, 2.24) is 51.7 Å². The van der Waals surface area contributed by atoms with Crippen molar-refractivity contribution in [2.45, 2.75) is 115 Å². The van der Waals surface area contributed by atoms with Crippen molar-refractivity contribution in [3.63, 3.8) is 0 Å². The highest BCUT2D eigenvalue weighted by Crippen LogP contribution is 2.47. The van der Waals surface area contributed by atoms with E-state index in [-0.39, 0.29) is 87.8 Å². The Hall–Kier alpha value is -9.03. The second-order valence-electron chi connectivity index (χ2n) is 27.2. The van der Waals surface area contributed by atoms with Crippen LogP contribution in [0.1, 0.15) is 109 Å². The number of rotatable bonds is 48. The average molecular weight is 1520 g/mol. The van der Waals surface area contributed by atoms with E-state index in [4.69, 9.17) is 57.1 Å². The van der Waals surface area contributed by atoms with Crippen LogP contribution < -0.4 is 42.8 Å². The third-order valence-electron chi connectivity index (χ3n) is 19.8. The van der Waals surface area contributed by atoms with Gasteiger partial charge in [0, 0.05) is 54.6 Å². The highest BCUT2D eigenvalue weighted by Gasteiger charge is 2.52. The molecule has 3 aliphatic carbocycles. The molecule has 7 N–H and O–H groups in total. The van der Waals surface area contributed by atoms with Gasteiger partial charge in [-0.1, -0.05) is 37.3 Å². The molecule has 0 saturated heterocycles. The maximum absolute atomic E-state index is 15.5. The maximum Gasteiger partial charge on any atom is 0.313 e. The molecule has 2 saturated carbocycles. The standard InChI is InChI=1S/C76H99FN10O22/c1-3-52-54-38-61-70-55(44-86(61)73(96)56(54)45-108-74(52)97)69-58(14-13-53-48(2)57(77)39-59(84-70)68(53)69)85-75(98)76(17-18-76)109-47-82-63(89)41-81-72(95)60(37-49-7-5-4-6-8-49)83-64(90)42-79-62(88)40-80-65(91)46-107-36-35-106-34-33-105-32-31-104-30-29-103-28-27-102-26-25-101-24-23-100-22-21-99-20-19-78-71(94)51-11-9-50(10-12-51)43-87-66(92)15-16-67(87)93/h4-8,15-16,38-39,50-52,58,60H,3,9-14,17-37,40-47H2,1-2H3,(H,78,94)(H,79,88)(H,80,91)(H,81,95)(H,82,89)(H,83,90)(H,85,98)/t50-,51-,52-,58+,60+/m1/s1. The first kappa shape index (κ1) is 82.5. The van der Waals surface area contributed by atoms with Crippen LogP contribution in [-0.2, 0) is 126 Å². The van der Waals surface area contributed by atoms with E-state index in [9.17, 15) is 52.7 Å². The smallest absolute Gasteiger partial charge is 0.313 e. The highest BCUT2D eigenvalue weighted by molar-refractivity contribution is 6.13. The predicted molar refractivity (Wildman–Crippen MR) is 386 cm³/mol. The number of fused-ring (bicyclic) bond motifs is 5. The molecule has 4 aromatic rings. The first-order valence-corrected chi connectivity index (χ1v) is 37.4. The van der Waals surface area contributed by atoms with Crippen molar-refractivity contribution in [2.24, 2.45) is 11.8 Å². The van der Waals surface area contributed by atoms with Gasteiger partial charge >= 0.3 is 5.97 Å². The molecule has 2 fully saturated rings. The summed E-state index contributed by atoms with van der Waals surface area (Å²) in [5, 5.41) is 19.4. The predicted octanol–water partition coefficient (Wildman–Crippen LogP) is 1.22. The van der Waals surface area contributed by atoms with Gasteiger partial charge in [-0.3, -0.25) is 57.6 Å². The van der Waals surface area contributed by atoms with Gasteiger partial charge in [-0.25, -0.2) is 9.37 Å². The molecule has 33 heteroatoms. The number of cyclic esters (lactones) is 1. The Morgan fingerprint density at radius 3 is 1.82 bits per heavy atom. The number of hydrogen-bond donors (Lipinski definition) is 7. The van der Waals surface area contributed by atoms with Crippen molar-refractivity contribution < 1.29 is 104 Å². The van der Waals surface area contributed by atoms with Crippen LogP contribution in [0.2, 0.25) is 0 Å². The molecule has 32 nitrogen and oxygen atoms in total. The minimum absolute atomic E-state index is 0.00710. The van der Waals surface area contributed by atoms with Crippen molar-refractivity contribution in [3.05, 3.63) is 110 Å². The third-order valence-corrected chi connectivity index (χ3v) is 19.8. The maximum atomic E-state index is 15.5. The van der Waals surface area contributed by atoms with E-state index in [0.717, 1.165) is 36.8 Å². The molecule has 9 amide bonds. The summed E-state index contributed by atoms with van der Waals surface area (Å²) >= 11 is 0. The van der Waals surface area contributed by atoms with E-state index in [1.807, 2.05) is 13.0 Å². The first-order valence-electron chi connectivity index (χ1n) is 37.4. The van der Waals surface area contributed by atoms with Gasteiger partial charge in [-0.15, -0.1) is 0 Å². The van der Waals surface area contributed by atoms with Gasteiger partial charge in [0.2, 0.25) is 35.4 Å². The van der Waals surface area contributed by atoms with E-state index < -0.39 is 90.5 Å². The zero-order chi connectivity index (χ0) is 77.1. The van der Waals surface area contributed by atoms with Crippen molar-refractivity contribution in [1.29, 1.82) is 0 Å². The SMILES string of the molecule is CC[C@H]1C(=O)OCc2c1cc1n(c2=O)Cc2c-1nc1cc(F)c(C)c3c1c2[C@@H](NC(=O)C1(OCNC(=O)CNC(=O)[C@H](Cc2ccccc2)NC(=O)CNC(=O)CNC(=O)COCCOCCOCCOCCOCCOCCOCCOCCOCCNC(=O)[C@H]2CC[C@H](CN4C(=O)C=CC4=O)CC2)CC1)CC3. The molecule has 5 heterocycles. The topological polar surface area (TPSA) is 395 Å². The Balaban J connectivity index is 0.506. The number of carbonyl (C=O) groups excluding carboxylic acids is 10. The van der Waals surface area contributed by atoms with Crippen molar-refractivity contribution >= 4 is 70.0 Å². The molecule has 10 rings (SSSR count). The monoisotopic (exact) mass is 1520 g/mol. The Labute approximate surface area is 629 Å². The highest BCUT2D eigenvalue weighted by atomic mass is 19.1. The largest absolute Gasteiger partial charge is 0.460 e. The second-order valence-corrected chi connectivity index (χ2v) is 27.2. The van der Waals surface area contributed by atoms with Crippen LogP contribution in [0, 0.1) is 24.6 Å². The Kier molecular flexibility index (Phi) is 31.5. The summed E-state index contributed by atoms with van der Waals surface area (Å²) < 4.78 is 78.0. The quantitative estimate of drug-likeness (QED) is 0.0125. The lowest BCUT2D eigenvalue weighted by Crippen LogP contribution is -2.52. The molecule has 3 aliphatic heterocycles. The minimum atomic E-state index is -1.28. The lowest BCUT2D eigenvalue weighted by molar-refractivity contribution is -0.148. The molecule has 109 heavy (non-hydrogen) atoms. The van der Waals surface area contributed by atoms with Gasteiger partial charge in [0.1, 0.15) is 37.4 Å². The fourth-order valence-electron chi connectivity index (χ4n) is 13.7. The van der Waals surface area contributed by atoms with Crippen LogP contribution in [0.25, 0.3) is 22.3 Å². The number of nitrogens with one attached hydrogen (secondary N) is 7. The molecule has 6 aliphatic rings. The summed E-state index contributed by atoms with van der Waals surface area (Å²) in [5.41, 5.74) is 4.13. The summed E-state index contributed by atoms with van der Waals surface area (Å²) in [5.74, 6) is -5.59. The normalized spacial score (nSPS) is 18.1. The Morgan fingerprint density at radius 2 is 1.21 bits per heavy atom. The number of hydrogen-bond acceptors (Lipinski definition) is 23. The molecule has 2 aromatic heterocycles. The Morgan fingerprint density at radius 1 is 0.642 bits per heavy atom. The van der Waals surface area contributed by atoms with E-state index in [0.29, 0.717) is 188 Å². The molecular weight excluding hydrogens is 1420 g/mol. The van der Waals surface area contributed by atoms with Crippen molar-refractivity contribution in [3.8, 4) is 11.4 Å². The molecule has 0 radical (unpaired) electrons. The number of ether oxygens (including phenoxy) is 11. The van der Waals surface area contributed by atoms with Gasteiger partial charge in [-0.05, 0) is 105 Å². The van der Waals surface area contributed by atoms with Gasteiger partial charge in [-0.2, -0.15) is 0 Å². The van der Waals surface area contributed by atoms with Crippen LogP contribution in [0.4, 0.5) is 4.39 Å². The zero-order valence-corrected chi connectivity index (χ0v) is 61.7. The molecular formula is C76H99FN10O22. The summed E-state index contributed by atoms with van der Waals surface area (Å²) in [6.07, 6.45) is 7.66. The number of carbonyl (C=O) groups is 10. The summed E-state index contributed by atoms with van der Waals surface area (Å²) in [6, 6.07) is 10.2. The zero-order valence-electron chi connectivity index (χ0n) is 61.7. The van der Waals surface area contributed by atoms with Crippen molar-refractivity contribution in [2.75, 3.05) is 158 Å². The number of amides is 9. The third kappa shape index (κ3) is 23.5. The number of benzene rings is 2. The number of halogens is 1. The molecule has 2 aromatic carbocycles. The summed E-state index contributed by atoms with van der Waals surface area (Å²) in [7, 11) is 0. The van der Waals surface area contributed by atoms with Crippen LogP contribution >= 0.6 is 0 Å². The van der Waals surface area contributed by atoms with E-state index in [1.165, 1.54) is 23.1 Å². The fourth-order valence-corrected chi connectivity index (χ4v) is 13.7. The average Bonchev–Trinajstić information content (AvgIpc) is 1.61. The molecule has 0 unspecified atom stereocenters. The number of aromatic nitrogens is 2. The lowest BCUT2D eigenvalue weighted by Gasteiger charge is -2.31. The van der Waals surface area contributed by atoms with Gasteiger partial charge in [0.05, 0.1) is 173 Å². The fraction of sp³-hybridized carbons (Fsp3) is 0.579. The number of nitrogens with zero attached hydrogens (tertiary/aromatic N) is 3. The number of esters is 1. The number of pyridine rings is 2. The van der Waals surface area contributed by atoms with Gasteiger partial charge in [0.15, 0.2) is 0 Å². The minimum Gasteiger partial charge on any atom is -0.460 e. The molecule has 0 bridgehead atoms. The van der Waals surface area contributed by atoms with Gasteiger partial charge < -0.3 is 93.9 Å². The van der Waals surface area contributed by atoms with Crippen LogP contribution in [0.15, 0.2) is 59.4 Å². The van der Waals surface area contributed by atoms with E-state index >= 15 is 4.39 Å². The van der Waals surface area contributed by atoms with Crippen LogP contribution in [0.5, 0.6) is 0 Å². The number of aryl methyl sites for hydroxylation is 1. The number of imide groups is 1. The summed E-state index contributed by atoms with van der Waals surface area (Å²) in [6.45, 7) is 8.13. The van der Waals surface area contributed by atoms with E-state index in [1.54, 1.807) is 41.8 Å². The molecule has 3 atom stereocenters. The molecule has 0 spiro atoms. The summed E-state index contributed by atoms with van der Waals surface area (Å²) in [4.78, 5) is 148.